The minimum absolute atomic E-state index is 0.0925. The second-order valence-electron chi connectivity index (χ2n) is 6.94. The predicted molar refractivity (Wildman–Crippen MR) is 113 cm³/mol. The summed E-state index contributed by atoms with van der Waals surface area (Å²) in [6.07, 6.45) is 0. The third-order valence-corrected chi connectivity index (χ3v) is 3.74. The highest BCUT2D eigenvalue weighted by atomic mass is 16.5. The number of rotatable bonds is 3. The normalized spacial score (nSPS) is 10.2. The first-order valence-corrected chi connectivity index (χ1v) is 9.70. The second kappa shape index (κ2) is 11.5. The SMILES string of the molecule is CC.CC.CC(C)c1ccc(C(=O)Oc2ccc(C(C)(C)C)cc2)cc1. The highest BCUT2D eigenvalue weighted by Crippen LogP contribution is 2.24. The standard InChI is InChI=1S/C20H24O2.2C2H6/c1-14(2)15-6-8-16(9-7-15)19(21)22-18-12-10-17(11-13-18)20(3,4)5;2*1-2/h6-14H,1-5H3;2*1-2H3. The van der Waals surface area contributed by atoms with Gasteiger partial charge in [-0.1, -0.05) is 86.6 Å². The lowest BCUT2D eigenvalue weighted by molar-refractivity contribution is 0.0734. The van der Waals surface area contributed by atoms with Crippen LogP contribution in [0.1, 0.15) is 89.7 Å². The summed E-state index contributed by atoms with van der Waals surface area (Å²) in [6.45, 7) is 18.7. The Morgan fingerprint density at radius 1 is 0.808 bits per heavy atom. The van der Waals surface area contributed by atoms with Gasteiger partial charge in [-0.3, -0.25) is 0 Å². The maximum atomic E-state index is 12.2. The van der Waals surface area contributed by atoms with Crippen LogP contribution in [0.15, 0.2) is 48.5 Å². The maximum absolute atomic E-state index is 12.2. The average Bonchev–Trinajstić information content (AvgIpc) is 2.65. The number of hydrogen-bond donors (Lipinski definition) is 0. The van der Waals surface area contributed by atoms with Gasteiger partial charge in [0.2, 0.25) is 0 Å². The molecule has 2 aromatic carbocycles. The topological polar surface area (TPSA) is 26.3 Å². The average molecular weight is 357 g/mol. The van der Waals surface area contributed by atoms with Crippen molar-refractivity contribution in [2.75, 3.05) is 0 Å². The van der Waals surface area contributed by atoms with Gasteiger partial charge in [-0.05, 0) is 46.7 Å². The van der Waals surface area contributed by atoms with E-state index >= 15 is 0 Å². The third-order valence-electron chi connectivity index (χ3n) is 3.74. The fourth-order valence-corrected chi connectivity index (χ4v) is 2.19. The summed E-state index contributed by atoms with van der Waals surface area (Å²) in [5.74, 6) is 0.708. The van der Waals surface area contributed by atoms with Crippen LogP contribution >= 0.6 is 0 Å². The van der Waals surface area contributed by atoms with E-state index in [0.717, 1.165) is 0 Å². The van der Waals surface area contributed by atoms with Gasteiger partial charge in [-0.25, -0.2) is 4.79 Å². The lowest BCUT2D eigenvalue weighted by atomic mass is 9.87. The number of ether oxygens (including phenoxy) is 1. The van der Waals surface area contributed by atoms with Crippen molar-refractivity contribution >= 4 is 5.97 Å². The molecule has 2 heteroatoms. The summed E-state index contributed by atoms with van der Waals surface area (Å²) in [4.78, 5) is 12.2. The molecule has 144 valence electrons. The first-order valence-electron chi connectivity index (χ1n) is 9.70. The van der Waals surface area contributed by atoms with Gasteiger partial charge in [0.1, 0.15) is 5.75 Å². The van der Waals surface area contributed by atoms with Crippen LogP contribution in [-0.2, 0) is 5.41 Å². The van der Waals surface area contributed by atoms with Crippen LogP contribution in [0, 0.1) is 0 Å². The van der Waals surface area contributed by atoms with Gasteiger partial charge in [0.05, 0.1) is 5.56 Å². The highest BCUT2D eigenvalue weighted by Gasteiger charge is 2.14. The van der Waals surface area contributed by atoms with Crippen molar-refractivity contribution in [3.63, 3.8) is 0 Å². The fraction of sp³-hybridized carbons (Fsp3) is 0.458. The maximum Gasteiger partial charge on any atom is 0.343 e. The lowest BCUT2D eigenvalue weighted by Crippen LogP contribution is -2.11. The first-order chi connectivity index (χ1) is 12.3. The molecular weight excluding hydrogens is 320 g/mol. The molecular formula is C24H36O2. The van der Waals surface area contributed by atoms with Crippen LogP contribution in [0.5, 0.6) is 5.75 Å². The fourth-order valence-electron chi connectivity index (χ4n) is 2.19. The van der Waals surface area contributed by atoms with Crippen molar-refractivity contribution in [2.24, 2.45) is 0 Å². The number of carbonyl (C=O) groups excluding carboxylic acids is 1. The number of hydrogen-bond acceptors (Lipinski definition) is 2. The molecule has 0 spiro atoms. The number of carbonyl (C=O) groups is 1. The van der Waals surface area contributed by atoms with Crippen molar-refractivity contribution in [1.29, 1.82) is 0 Å². The predicted octanol–water partition coefficient (Wildman–Crippen LogP) is 7.38. The van der Waals surface area contributed by atoms with Crippen LogP contribution in [-0.4, -0.2) is 5.97 Å². The van der Waals surface area contributed by atoms with E-state index in [-0.39, 0.29) is 11.4 Å². The molecule has 0 saturated carbocycles. The Bertz CT molecular complexity index is 629. The Morgan fingerprint density at radius 2 is 1.27 bits per heavy atom. The minimum Gasteiger partial charge on any atom is -0.423 e. The highest BCUT2D eigenvalue weighted by molar-refractivity contribution is 5.91. The largest absolute Gasteiger partial charge is 0.423 e. The summed E-state index contributed by atoms with van der Waals surface area (Å²) < 4.78 is 5.43. The monoisotopic (exact) mass is 356 g/mol. The van der Waals surface area contributed by atoms with E-state index in [1.807, 2.05) is 76.2 Å². The molecule has 0 aromatic heterocycles. The Balaban J connectivity index is 0.00000146. The van der Waals surface area contributed by atoms with Crippen molar-refractivity contribution in [2.45, 2.75) is 73.6 Å². The van der Waals surface area contributed by atoms with Crippen LogP contribution in [0.2, 0.25) is 0 Å². The zero-order valence-corrected chi connectivity index (χ0v) is 18.0. The summed E-state index contributed by atoms with van der Waals surface area (Å²) in [5.41, 5.74) is 3.10. The third kappa shape index (κ3) is 7.43. The van der Waals surface area contributed by atoms with Crippen LogP contribution in [0.4, 0.5) is 0 Å². The van der Waals surface area contributed by atoms with Crippen LogP contribution in [0.3, 0.4) is 0 Å². The van der Waals surface area contributed by atoms with Crippen LogP contribution < -0.4 is 4.74 Å². The molecule has 2 rings (SSSR count). The van der Waals surface area contributed by atoms with Gasteiger partial charge < -0.3 is 4.74 Å². The van der Waals surface area contributed by atoms with Gasteiger partial charge in [-0.2, -0.15) is 0 Å². The van der Waals surface area contributed by atoms with E-state index in [1.54, 1.807) is 0 Å². The molecule has 0 unspecified atom stereocenters. The molecule has 0 amide bonds. The molecule has 0 N–H and O–H groups in total. The van der Waals surface area contributed by atoms with E-state index in [2.05, 4.69) is 34.6 Å². The van der Waals surface area contributed by atoms with E-state index in [0.29, 0.717) is 17.2 Å². The quantitative estimate of drug-likeness (QED) is 0.423. The first kappa shape index (κ1) is 23.9. The number of benzene rings is 2. The van der Waals surface area contributed by atoms with Crippen molar-refractivity contribution in [3.05, 3.63) is 65.2 Å². The summed E-state index contributed by atoms with van der Waals surface area (Å²) in [7, 11) is 0. The summed E-state index contributed by atoms with van der Waals surface area (Å²) >= 11 is 0. The van der Waals surface area contributed by atoms with E-state index in [4.69, 9.17) is 4.74 Å². The molecule has 2 aromatic rings. The smallest absolute Gasteiger partial charge is 0.343 e. The Labute approximate surface area is 160 Å². The van der Waals surface area contributed by atoms with E-state index < -0.39 is 0 Å². The molecule has 0 aliphatic heterocycles. The zero-order valence-electron chi connectivity index (χ0n) is 18.0. The molecule has 0 atom stereocenters. The van der Waals surface area contributed by atoms with Gasteiger partial charge in [0.15, 0.2) is 0 Å². The molecule has 0 fully saturated rings. The molecule has 2 nitrogen and oxygen atoms in total. The molecule has 0 aliphatic carbocycles. The van der Waals surface area contributed by atoms with Gasteiger partial charge >= 0.3 is 5.97 Å². The molecule has 0 bridgehead atoms. The summed E-state index contributed by atoms with van der Waals surface area (Å²) in [6, 6.07) is 15.3. The van der Waals surface area contributed by atoms with Gasteiger partial charge in [0, 0.05) is 0 Å². The Hall–Kier alpha value is -2.09. The molecule has 0 aliphatic rings. The van der Waals surface area contributed by atoms with Crippen molar-refractivity contribution in [3.8, 4) is 5.75 Å². The van der Waals surface area contributed by atoms with Crippen molar-refractivity contribution in [1.82, 2.24) is 0 Å². The molecule has 26 heavy (non-hydrogen) atoms. The van der Waals surface area contributed by atoms with Crippen molar-refractivity contribution < 1.29 is 9.53 Å². The molecule has 0 radical (unpaired) electrons. The summed E-state index contributed by atoms with van der Waals surface area (Å²) in [5, 5.41) is 0. The second-order valence-corrected chi connectivity index (χ2v) is 6.94. The minimum atomic E-state index is -0.321. The Morgan fingerprint density at radius 3 is 1.65 bits per heavy atom. The molecule has 0 saturated heterocycles. The van der Waals surface area contributed by atoms with Gasteiger partial charge in [0.25, 0.3) is 0 Å². The van der Waals surface area contributed by atoms with E-state index in [9.17, 15) is 4.79 Å². The van der Waals surface area contributed by atoms with Gasteiger partial charge in [-0.15, -0.1) is 0 Å². The number of esters is 1. The lowest BCUT2D eigenvalue weighted by Gasteiger charge is -2.19. The Kier molecular flexibility index (Phi) is 10.6. The zero-order chi connectivity index (χ0) is 20.3. The van der Waals surface area contributed by atoms with Crippen LogP contribution in [0.25, 0.3) is 0 Å². The molecule has 0 heterocycles. The van der Waals surface area contributed by atoms with E-state index in [1.165, 1.54) is 11.1 Å².